The molecule has 2 heterocycles. The second kappa shape index (κ2) is 9.26. The molecule has 0 aromatic carbocycles. The van der Waals surface area contributed by atoms with E-state index >= 15 is 0 Å². The number of hydrogen-bond donors (Lipinski definition) is 7. The van der Waals surface area contributed by atoms with E-state index in [-0.39, 0.29) is 0 Å². The molecule has 0 saturated carbocycles. The maximum absolute atomic E-state index is 13.8. The largest absolute Gasteiger partial charge is 0.490 e. The lowest BCUT2D eigenvalue weighted by molar-refractivity contribution is -0.0754. The van der Waals surface area contributed by atoms with Crippen molar-refractivity contribution in [3.05, 3.63) is 16.8 Å². The molecule has 1 saturated heterocycles. The molecule has 0 spiro atoms. The van der Waals surface area contributed by atoms with Crippen molar-refractivity contribution in [2.75, 3.05) is 12.3 Å². The van der Waals surface area contributed by atoms with Gasteiger partial charge in [-0.25, -0.2) is 18.1 Å². The van der Waals surface area contributed by atoms with Gasteiger partial charge in [-0.1, -0.05) is 5.92 Å². The number of terminal acetylenes is 1. The molecule has 1 aromatic rings. The first kappa shape index (κ1) is 27.1. The Morgan fingerprint density at radius 3 is 2.44 bits per heavy atom. The molecule has 1 aliphatic rings. The van der Waals surface area contributed by atoms with E-state index in [2.05, 4.69) is 18.1 Å². The molecule has 21 heteroatoms. The van der Waals surface area contributed by atoms with Crippen molar-refractivity contribution in [1.29, 1.82) is 0 Å². The number of nitrogens with two attached hydrogens (primary N) is 1. The molecule has 180 valence electrons. The molecule has 0 aliphatic carbocycles. The average Bonchev–Trinajstić information content (AvgIpc) is 2.85. The molecule has 1 aliphatic heterocycles. The second-order valence-electron chi connectivity index (χ2n) is 5.99. The van der Waals surface area contributed by atoms with Gasteiger partial charge in [0.1, 0.15) is 12.2 Å². The van der Waals surface area contributed by atoms with Crippen LogP contribution in [-0.4, -0.2) is 63.8 Å². The molecule has 2 rings (SSSR count). The zero-order chi connectivity index (χ0) is 24.7. The molecule has 8 N–H and O–H groups in total. The van der Waals surface area contributed by atoms with Crippen LogP contribution in [0.25, 0.3) is 0 Å². The predicted octanol–water partition coefficient (Wildman–Crippen LogP) is -0.700. The number of phosphoric ester groups is 1. The van der Waals surface area contributed by atoms with E-state index < -0.39 is 70.5 Å². The van der Waals surface area contributed by atoms with Crippen LogP contribution in [0.1, 0.15) is 6.23 Å². The van der Waals surface area contributed by atoms with Gasteiger partial charge in [0.25, 0.3) is 0 Å². The summed E-state index contributed by atoms with van der Waals surface area (Å²) in [6.07, 6.45) is 0.292. The highest BCUT2D eigenvalue weighted by Crippen LogP contribution is 2.66. The lowest BCUT2D eigenvalue weighted by atomic mass is 9.95. The predicted molar refractivity (Wildman–Crippen MR) is 101 cm³/mol. The number of rotatable bonds is 8. The van der Waals surface area contributed by atoms with E-state index in [1.54, 1.807) is 0 Å². The third-order valence-corrected chi connectivity index (χ3v) is 7.82. The minimum Gasteiger partial charge on any atom is -0.386 e. The quantitative estimate of drug-likeness (QED) is 0.122. The minimum absolute atomic E-state index is 0.427. The molecular weight excluding hydrogens is 526 g/mol. The van der Waals surface area contributed by atoms with Crippen LogP contribution in [0.2, 0.25) is 0 Å². The third-order valence-electron chi connectivity index (χ3n) is 3.72. The summed E-state index contributed by atoms with van der Waals surface area (Å²) in [5.74, 6) is 0.139. The first-order valence-electron chi connectivity index (χ1n) is 7.77. The zero-order valence-electron chi connectivity index (χ0n) is 15.2. The van der Waals surface area contributed by atoms with E-state index in [1.165, 1.54) is 0 Å². The monoisotopic (exact) mass is 541 g/mol. The number of aliphatic hydroxyl groups excluding tert-OH is 1. The molecule has 1 fully saturated rings. The summed E-state index contributed by atoms with van der Waals surface area (Å²) in [6.45, 7) is -1.15. The number of ether oxygens (including phenoxy) is 1. The van der Waals surface area contributed by atoms with Gasteiger partial charge in [0.05, 0.1) is 6.61 Å². The number of nitrogen functional groups attached to an aromatic ring is 1. The molecule has 16 nitrogen and oxygen atoms in total. The van der Waals surface area contributed by atoms with Gasteiger partial charge in [-0.15, -0.1) is 6.42 Å². The van der Waals surface area contributed by atoms with Gasteiger partial charge in [-0.3, -0.25) is 9.09 Å². The molecule has 3 unspecified atom stereocenters. The van der Waals surface area contributed by atoms with E-state index in [4.69, 9.17) is 43.8 Å². The van der Waals surface area contributed by atoms with Crippen LogP contribution in [0, 0.1) is 22.9 Å². The van der Waals surface area contributed by atoms with Gasteiger partial charge in [-0.05, 0) is 12.2 Å². The fraction of sp³-hybridized carbons (Fsp3) is 0.455. The van der Waals surface area contributed by atoms with Crippen molar-refractivity contribution < 1.29 is 65.8 Å². The van der Waals surface area contributed by atoms with Crippen LogP contribution < -0.4 is 5.73 Å². The molecule has 0 bridgehead atoms. The Kier molecular flexibility index (Phi) is 7.85. The number of anilines is 1. The number of phosphoric acid groups is 3. The Morgan fingerprint density at radius 2 is 1.91 bits per heavy atom. The standard InChI is InChI=1S/C11H15FN3O13P3S/c1-2-11(17)7(16)6(26-9(11)15-3-5(12)8(13)14-10(15)32)4-25-30(21,22)28-31(23,24)27-29(18,19)20/h1,3,6-7,9,16-17H,4H2,(H,21,22)(H,23,24)(H2,13,14,32)(H2,18,19,20)/t6-,7+,9-,11?/m1/s1. The van der Waals surface area contributed by atoms with Crippen LogP contribution >= 0.6 is 35.7 Å². The van der Waals surface area contributed by atoms with Crippen molar-refractivity contribution in [2.45, 2.75) is 24.0 Å². The Balaban J connectivity index is 2.22. The summed E-state index contributed by atoms with van der Waals surface area (Å²) in [5.41, 5.74) is 2.67. The fourth-order valence-electron chi connectivity index (χ4n) is 2.43. The molecule has 0 radical (unpaired) electrons. The first-order valence-corrected chi connectivity index (χ1v) is 12.7. The van der Waals surface area contributed by atoms with E-state index in [0.717, 1.165) is 0 Å². The van der Waals surface area contributed by atoms with Crippen molar-refractivity contribution in [2.24, 2.45) is 0 Å². The Hall–Kier alpha value is -1.12. The van der Waals surface area contributed by atoms with E-state index in [9.17, 15) is 33.2 Å². The zero-order valence-corrected chi connectivity index (χ0v) is 18.7. The van der Waals surface area contributed by atoms with Gasteiger partial charge >= 0.3 is 23.5 Å². The maximum Gasteiger partial charge on any atom is 0.490 e. The highest BCUT2D eigenvalue weighted by Gasteiger charge is 2.56. The van der Waals surface area contributed by atoms with E-state index in [1.807, 2.05) is 5.92 Å². The minimum atomic E-state index is -5.79. The summed E-state index contributed by atoms with van der Waals surface area (Å²) >= 11 is 4.88. The van der Waals surface area contributed by atoms with Crippen molar-refractivity contribution in [3.8, 4) is 12.3 Å². The molecule has 32 heavy (non-hydrogen) atoms. The Labute approximate surface area is 182 Å². The summed E-state index contributed by atoms with van der Waals surface area (Å²) in [6, 6.07) is 0. The van der Waals surface area contributed by atoms with Crippen LogP contribution in [0.3, 0.4) is 0 Å². The topological polar surface area (TPSA) is 253 Å². The van der Waals surface area contributed by atoms with Crippen LogP contribution in [-0.2, 0) is 31.6 Å². The van der Waals surface area contributed by atoms with Crippen molar-refractivity contribution in [1.82, 2.24) is 9.55 Å². The Morgan fingerprint density at radius 1 is 1.31 bits per heavy atom. The molecule has 6 atom stereocenters. The summed E-state index contributed by atoms with van der Waals surface area (Å²) in [4.78, 5) is 39.1. The summed E-state index contributed by atoms with van der Waals surface area (Å²) in [7, 11) is -17.0. The SMILES string of the molecule is C#CC1(O)[C@@H](O)[C@@H](COP(=O)(O)OP(=O)(O)OP(=O)(O)O)O[C@H]1n1cc(F)c(N)nc1=S. The van der Waals surface area contributed by atoms with Crippen molar-refractivity contribution >= 4 is 41.5 Å². The maximum atomic E-state index is 13.8. The van der Waals surface area contributed by atoms with E-state index in [0.29, 0.717) is 10.8 Å². The normalized spacial score (nSPS) is 29.8. The number of aliphatic hydroxyl groups is 2. The Bertz CT molecular complexity index is 1140. The number of hydrogen-bond acceptors (Lipinski definition) is 12. The van der Waals surface area contributed by atoms with Crippen LogP contribution in [0.4, 0.5) is 10.2 Å². The molecular formula is C11H15FN3O13P3S. The van der Waals surface area contributed by atoms with Gasteiger partial charge in [0, 0.05) is 6.20 Å². The van der Waals surface area contributed by atoms with Gasteiger partial charge in [0.2, 0.25) is 4.77 Å². The van der Waals surface area contributed by atoms with Gasteiger partial charge in [-0.2, -0.15) is 13.6 Å². The second-order valence-corrected chi connectivity index (χ2v) is 10.8. The molecule has 1 aromatic heterocycles. The molecule has 0 amide bonds. The number of aromatic nitrogens is 2. The van der Waals surface area contributed by atoms with Gasteiger partial charge < -0.3 is 40.3 Å². The summed E-state index contributed by atoms with van der Waals surface area (Å²) < 4.78 is 64.5. The van der Waals surface area contributed by atoms with Gasteiger partial charge in [0.15, 0.2) is 23.5 Å². The first-order chi connectivity index (χ1) is 14.4. The van der Waals surface area contributed by atoms with Crippen LogP contribution in [0.5, 0.6) is 0 Å². The fourth-order valence-corrected chi connectivity index (χ4v) is 5.71. The van der Waals surface area contributed by atoms with Crippen molar-refractivity contribution in [3.63, 3.8) is 0 Å². The average molecular weight is 541 g/mol. The highest BCUT2D eigenvalue weighted by molar-refractivity contribution is 7.71. The summed E-state index contributed by atoms with van der Waals surface area (Å²) in [5, 5.41) is 20.9. The lowest BCUT2D eigenvalue weighted by Gasteiger charge is -2.27. The van der Waals surface area contributed by atoms with Crippen LogP contribution in [0.15, 0.2) is 6.20 Å². The highest BCUT2D eigenvalue weighted by atomic mass is 32.1. The number of nitrogens with zero attached hydrogens (tertiary/aromatic N) is 2. The lowest BCUT2D eigenvalue weighted by Crippen LogP contribution is -2.46. The third kappa shape index (κ3) is 6.26. The number of halogens is 1. The smallest absolute Gasteiger partial charge is 0.386 e.